The van der Waals surface area contributed by atoms with Crippen LogP contribution in [0, 0.1) is 5.92 Å². The number of fused-ring (bicyclic) bond motifs is 1. The Morgan fingerprint density at radius 3 is 2.51 bits per heavy atom. The van der Waals surface area contributed by atoms with Crippen molar-refractivity contribution in [3.63, 3.8) is 0 Å². The second kappa shape index (κ2) is 11.2. The molecule has 1 aliphatic rings. The highest BCUT2D eigenvalue weighted by molar-refractivity contribution is 7.13. The van der Waals surface area contributed by atoms with Crippen LogP contribution in [0.15, 0.2) is 72.1 Å². The molecule has 8 heteroatoms. The molecular formula is C29H31F3N4S. The highest BCUT2D eigenvalue weighted by atomic mass is 32.1. The van der Waals surface area contributed by atoms with E-state index in [0.717, 1.165) is 59.8 Å². The Morgan fingerprint density at radius 1 is 0.973 bits per heavy atom. The zero-order valence-electron chi connectivity index (χ0n) is 20.8. The van der Waals surface area contributed by atoms with E-state index in [2.05, 4.69) is 40.4 Å². The Labute approximate surface area is 219 Å². The lowest BCUT2D eigenvalue weighted by molar-refractivity contribution is -0.138. The van der Waals surface area contributed by atoms with Gasteiger partial charge in [-0.25, -0.2) is 4.98 Å². The van der Waals surface area contributed by atoms with Gasteiger partial charge in [-0.15, -0.1) is 11.3 Å². The Morgan fingerprint density at radius 2 is 1.70 bits per heavy atom. The predicted molar refractivity (Wildman–Crippen MR) is 145 cm³/mol. The van der Waals surface area contributed by atoms with Gasteiger partial charge in [0.05, 0.1) is 11.3 Å². The van der Waals surface area contributed by atoms with E-state index >= 15 is 0 Å². The van der Waals surface area contributed by atoms with Crippen LogP contribution < -0.4 is 5.32 Å². The molecule has 0 radical (unpaired) electrons. The third-order valence-electron chi connectivity index (χ3n) is 7.04. The number of nitrogens with zero attached hydrogens (tertiary/aromatic N) is 3. The summed E-state index contributed by atoms with van der Waals surface area (Å²) in [4.78, 5) is 9.25. The molecule has 3 aromatic carbocycles. The maximum absolute atomic E-state index is 13.7. The number of alkyl halides is 3. The molecule has 5 rings (SSSR count). The fraction of sp³-hybridized carbons (Fsp3) is 0.345. The lowest BCUT2D eigenvalue weighted by Gasteiger charge is -2.33. The molecule has 0 amide bonds. The third kappa shape index (κ3) is 6.50. The molecule has 1 N–H and O–H groups in total. The van der Waals surface area contributed by atoms with Crippen LogP contribution in [0.3, 0.4) is 0 Å². The number of hydrogen-bond donors (Lipinski definition) is 1. The zero-order valence-corrected chi connectivity index (χ0v) is 21.7. The largest absolute Gasteiger partial charge is 0.416 e. The lowest BCUT2D eigenvalue weighted by Crippen LogP contribution is -2.37. The van der Waals surface area contributed by atoms with E-state index in [1.54, 1.807) is 12.1 Å². The molecule has 194 valence electrons. The predicted octanol–water partition coefficient (Wildman–Crippen LogP) is 7.40. The van der Waals surface area contributed by atoms with Crippen molar-refractivity contribution in [1.82, 2.24) is 14.8 Å². The van der Waals surface area contributed by atoms with Gasteiger partial charge < -0.3 is 10.2 Å². The van der Waals surface area contributed by atoms with Gasteiger partial charge in [0.2, 0.25) is 0 Å². The fourth-order valence-corrected chi connectivity index (χ4v) is 5.80. The maximum Gasteiger partial charge on any atom is 0.416 e. The second-order valence-electron chi connectivity index (χ2n) is 9.87. The minimum absolute atomic E-state index is 0.242. The first-order valence-electron chi connectivity index (χ1n) is 12.6. The van der Waals surface area contributed by atoms with E-state index < -0.39 is 11.7 Å². The molecule has 1 aromatic heterocycles. The summed E-state index contributed by atoms with van der Waals surface area (Å²) in [5.74, 6) is 0.459. The number of rotatable bonds is 8. The highest BCUT2D eigenvalue weighted by Gasteiger charge is 2.33. The summed E-state index contributed by atoms with van der Waals surface area (Å²) in [6.07, 6.45) is -2.26. The number of hydrogen-bond acceptors (Lipinski definition) is 5. The molecule has 37 heavy (non-hydrogen) atoms. The fourth-order valence-electron chi connectivity index (χ4n) is 5.09. The van der Waals surface area contributed by atoms with Crippen molar-refractivity contribution in [3.8, 4) is 0 Å². The van der Waals surface area contributed by atoms with Crippen LogP contribution in [0.1, 0.15) is 29.7 Å². The van der Waals surface area contributed by atoms with Gasteiger partial charge in [0.15, 0.2) is 5.13 Å². The smallest absolute Gasteiger partial charge is 0.331 e. The number of thiazole rings is 1. The van der Waals surface area contributed by atoms with Gasteiger partial charge in [0, 0.05) is 36.1 Å². The van der Waals surface area contributed by atoms with E-state index in [-0.39, 0.29) is 6.54 Å². The topological polar surface area (TPSA) is 31.4 Å². The number of anilines is 2. The summed E-state index contributed by atoms with van der Waals surface area (Å²) >= 11 is 1.52. The van der Waals surface area contributed by atoms with E-state index in [0.29, 0.717) is 18.0 Å². The number of nitrogens with one attached hydrogen (secondary N) is 1. The quantitative estimate of drug-likeness (QED) is 0.260. The first-order valence-corrected chi connectivity index (χ1v) is 13.5. The molecule has 1 saturated heterocycles. The number of halogens is 3. The van der Waals surface area contributed by atoms with Crippen molar-refractivity contribution in [1.29, 1.82) is 0 Å². The van der Waals surface area contributed by atoms with Crippen molar-refractivity contribution < 1.29 is 13.2 Å². The molecule has 0 atom stereocenters. The Balaban J connectivity index is 1.34. The minimum atomic E-state index is -4.37. The molecule has 4 aromatic rings. The average molecular weight is 525 g/mol. The summed E-state index contributed by atoms with van der Waals surface area (Å²) in [5.41, 5.74) is 1.61. The molecule has 1 fully saturated rings. The van der Waals surface area contributed by atoms with Gasteiger partial charge >= 0.3 is 6.18 Å². The maximum atomic E-state index is 13.7. The van der Waals surface area contributed by atoms with Gasteiger partial charge in [0.25, 0.3) is 0 Å². The molecule has 0 saturated carbocycles. The van der Waals surface area contributed by atoms with Crippen LogP contribution >= 0.6 is 11.3 Å². The molecule has 0 bridgehead atoms. The lowest BCUT2D eigenvalue weighted by atomic mass is 9.96. The van der Waals surface area contributed by atoms with Gasteiger partial charge in [0.1, 0.15) is 0 Å². The summed E-state index contributed by atoms with van der Waals surface area (Å²) in [6.45, 7) is 3.54. The molecule has 0 spiro atoms. The van der Waals surface area contributed by atoms with E-state index in [4.69, 9.17) is 4.98 Å². The van der Waals surface area contributed by atoms with Crippen molar-refractivity contribution in [3.05, 3.63) is 88.9 Å². The Bertz CT molecular complexity index is 1320. The van der Waals surface area contributed by atoms with E-state index in [9.17, 15) is 13.2 Å². The highest BCUT2D eigenvalue weighted by Crippen LogP contribution is 2.33. The minimum Gasteiger partial charge on any atom is -0.331 e. The van der Waals surface area contributed by atoms with Crippen molar-refractivity contribution in [2.24, 2.45) is 5.92 Å². The van der Waals surface area contributed by atoms with Gasteiger partial charge in [-0.3, -0.25) is 4.90 Å². The van der Waals surface area contributed by atoms with E-state index in [1.165, 1.54) is 23.5 Å². The first-order chi connectivity index (χ1) is 17.8. The number of piperidine rings is 1. The standard InChI is InChI=1S/C29H31F3N4S/c1-35-15-13-21(14-16-35)17-36(18-23-8-3-5-11-26(23)29(30,31)32)19-24-20-37-28(33-24)34-27-12-6-9-22-7-2-4-10-25(22)27/h2-12,20-21H,13-19H2,1H3,(H,33,34). The monoisotopic (exact) mass is 524 g/mol. The molecular weight excluding hydrogens is 493 g/mol. The zero-order chi connectivity index (χ0) is 25.8. The summed E-state index contributed by atoms with van der Waals surface area (Å²) in [6, 6.07) is 20.2. The van der Waals surface area contributed by atoms with Crippen LogP contribution in [0.4, 0.5) is 24.0 Å². The molecule has 1 aliphatic heterocycles. The summed E-state index contributed by atoms with van der Waals surface area (Å²) < 4.78 is 41.1. The van der Waals surface area contributed by atoms with Gasteiger partial charge in [-0.2, -0.15) is 13.2 Å². The van der Waals surface area contributed by atoms with Crippen molar-refractivity contribution >= 4 is 32.9 Å². The second-order valence-corrected chi connectivity index (χ2v) is 10.7. The number of benzene rings is 3. The van der Waals surface area contributed by atoms with Gasteiger partial charge in [-0.1, -0.05) is 54.6 Å². The molecule has 2 heterocycles. The van der Waals surface area contributed by atoms with Crippen molar-refractivity contribution in [2.45, 2.75) is 32.1 Å². The molecule has 4 nitrogen and oxygen atoms in total. The molecule has 0 aliphatic carbocycles. The van der Waals surface area contributed by atoms with Crippen LogP contribution in [0.25, 0.3) is 10.8 Å². The number of aromatic nitrogens is 1. The SMILES string of the molecule is CN1CCC(CN(Cc2csc(Nc3cccc4ccccc34)n2)Cc2ccccc2C(F)(F)F)CC1. The third-order valence-corrected chi connectivity index (χ3v) is 7.85. The summed E-state index contributed by atoms with van der Waals surface area (Å²) in [7, 11) is 2.12. The van der Waals surface area contributed by atoms with Crippen LogP contribution in [0.2, 0.25) is 0 Å². The number of likely N-dealkylation sites (tertiary alicyclic amines) is 1. The van der Waals surface area contributed by atoms with Gasteiger partial charge in [-0.05, 0) is 62.0 Å². The van der Waals surface area contributed by atoms with E-state index in [1.807, 2.05) is 29.6 Å². The van der Waals surface area contributed by atoms with Crippen LogP contribution in [-0.2, 0) is 19.3 Å². The van der Waals surface area contributed by atoms with Crippen LogP contribution in [-0.4, -0.2) is 41.5 Å². The average Bonchev–Trinajstić information content (AvgIpc) is 3.32. The normalized spacial score (nSPS) is 15.5. The molecule has 0 unspecified atom stereocenters. The van der Waals surface area contributed by atoms with Crippen LogP contribution in [0.5, 0.6) is 0 Å². The first kappa shape index (κ1) is 25.7. The Kier molecular flexibility index (Phi) is 7.79. The summed E-state index contributed by atoms with van der Waals surface area (Å²) in [5, 5.41) is 8.49. The van der Waals surface area contributed by atoms with Crippen molar-refractivity contribution in [2.75, 3.05) is 32.0 Å². The Hall–Kier alpha value is -2.94.